The van der Waals surface area contributed by atoms with Gasteiger partial charge in [0.25, 0.3) is 0 Å². The number of carbonyl (C=O) groups is 2. The van der Waals surface area contributed by atoms with Crippen LogP contribution >= 0.6 is 0 Å². The Hall–Kier alpha value is -1.06. The molecule has 1 saturated carbocycles. The number of hydrogen-bond acceptors (Lipinski definition) is 2. The van der Waals surface area contributed by atoms with Crippen LogP contribution in [0.25, 0.3) is 0 Å². The van der Waals surface area contributed by atoms with Gasteiger partial charge in [0, 0.05) is 19.6 Å². The fraction of sp³-hybridized carbons (Fsp3) is 0.857. The lowest BCUT2D eigenvalue weighted by Crippen LogP contribution is -2.40. The third-order valence-corrected chi connectivity index (χ3v) is 3.96. The number of carbonyl (C=O) groups excluding carboxylic acids is 2. The van der Waals surface area contributed by atoms with Gasteiger partial charge in [-0.3, -0.25) is 9.59 Å². The zero-order chi connectivity index (χ0) is 13.1. The van der Waals surface area contributed by atoms with E-state index in [0.717, 1.165) is 38.9 Å². The molecule has 1 saturated heterocycles. The average Bonchev–Trinajstić information content (AvgIpc) is 3.15. The molecule has 0 aromatic rings. The summed E-state index contributed by atoms with van der Waals surface area (Å²) in [5.74, 6) is 0.792. The molecule has 0 bridgehead atoms. The van der Waals surface area contributed by atoms with E-state index in [4.69, 9.17) is 0 Å². The molecule has 3 unspecified atom stereocenters. The summed E-state index contributed by atoms with van der Waals surface area (Å²) in [6.45, 7) is 6.70. The second-order valence-electron chi connectivity index (χ2n) is 5.77. The van der Waals surface area contributed by atoms with Crippen molar-refractivity contribution in [2.24, 2.45) is 17.8 Å². The van der Waals surface area contributed by atoms with Crippen LogP contribution in [-0.4, -0.2) is 36.3 Å². The molecule has 0 spiro atoms. The number of rotatable bonds is 4. The Labute approximate surface area is 109 Å². The van der Waals surface area contributed by atoms with Gasteiger partial charge >= 0.3 is 0 Å². The molecule has 1 aliphatic heterocycles. The molecule has 2 fully saturated rings. The van der Waals surface area contributed by atoms with Gasteiger partial charge in [-0.15, -0.1) is 0 Å². The monoisotopic (exact) mass is 252 g/mol. The first-order chi connectivity index (χ1) is 8.63. The van der Waals surface area contributed by atoms with Crippen molar-refractivity contribution in [3.8, 4) is 0 Å². The molecule has 4 nitrogen and oxygen atoms in total. The second kappa shape index (κ2) is 5.72. The highest BCUT2D eigenvalue weighted by Crippen LogP contribution is 2.40. The van der Waals surface area contributed by atoms with Gasteiger partial charge in [0.1, 0.15) is 0 Å². The topological polar surface area (TPSA) is 49.4 Å². The molecule has 18 heavy (non-hydrogen) atoms. The van der Waals surface area contributed by atoms with Crippen LogP contribution < -0.4 is 5.32 Å². The Bertz CT molecular complexity index is 330. The van der Waals surface area contributed by atoms with Crippen molar-refractivity contribution in [1.82, 2.24) is 10.2 Å². The molecule has 0 aromatic heterocycles. The van der Waals surface area contributed by atoms with Gasteiger partial charge in [-0.25, -0.2) is 0 Å². The Balaban J connectivity index is 1.79. The fourth-order valence-electron chi connectivity index (χ4n) is 2.76. The van der Waals surface area contributed by atoms with Gasteiger partial charge in [-0.05, 0) is 31.6 Å². The molecule has 1 heterocycles. The predicted molar refractivity (Wildman–Crippen MR) is 69.9 cm³/mol. The van der Waals surface area contributed by atoms with Crippen LogP contribution in [0.5, 0.6) is 0 Å². The summed E-state index contributed by atoms with van der Waals surface area (Å²) in [7, 11) is 0. The van der Waals surface area contributed by atoms with Gasteiger partial charge in [0.05, 0.1) is 11.8 Å². The number of piperidine rings is 1. The van der Waals surface area contributed by atoms with Crippen LogP contribution in [0.1, 0.15) is 39.5 Å². The molecule has 1 N–H and O–H groups in total. The fourth-order valence-corrected chi connectivity index (χ4v) is 2.76. The summed E-state index contributed by atoms with van der Waals surface area (Å²) in [5.41, 5.74) is 0. The van der Waals surface area contributed by atoms with Crippen LogP contribution in [0.4, 0.5) is 0 Å². The smallest absolute Gasteiger partial charge is 0.226 e. The molecule has 102 valence electrons. The maximum Gasteiger partial charge on any atom is 0.226 e. The number of nitrogens with one attached hydrogen (secondary N) is 1. The second-order valence-corrected chi connectivity index (χ2v) is 5.77. The van der Waals surface area contributed by atoms with Gasteiger partial charge in [0.2, 0.25) is 11.8 Å². The van der Waals surface area contributed by atoms with E-state index in [2.05, 4.69) is 12.2 Å². The maximum absolute atomic E-state index is 12.2. The zero-order valence-corrected chi connectivity index (χ0v) is 11.4. The lowest BCUT2D eigenvalue weighted by Gasteiger charge is -2.31. The van der Waals surface area contributed by atoms with Crippen LogP contribution in [-0.2, 0) is 9.59 Å². The Morgan fingerprint density at radius 2 is 2.11 bits per heavy atom. The summed E-state index contributed by atoms with van der Waals surface area (Å²) in [6.07, 6.45) is 4.02. The number of amides is 2. The Morgan fingerprint density at radius 3 is 2.78 bits per heavy atom. The predicted octanol–water partition coefficient (Wildman–Crippen LogP) is 1.41. The summed E-state index contributed by atoms with van der Waals surface area (Å²) in [4.78, 5) is 25.9. The van der Waals surface area contributed by atoms with Crippen molar-refractivity contribution in [2.45, 2.75) is 39.5 Å². The summed E-state index contributed by atoms with van der Waals surface area (Å²) >= 11 is 0. The van der Waals surface area contributed by atoms with Crippen molar-refractivity contribution >= 4 is 11.8 Å². The van der Waals surface area contributed by atoms with Crippen molar-refractivity contribution in [3.05, 3.63) is 0 Å². The third-order valence-electron chi connectivity index (χ3n) is 3.96. The van der Waals surface area contributed by atoms with E-state index in [1.165, 1.54) is 6.42 Å². The molecule has 3 atom stereocenters. The minimum atomic E-state index is -0.0544. The minimum Gasteiger partial charge on any atom is -0.356 e. The largest absolute Gasteiger partial charge is 0.356 e. The lowest BCUT2D eigenvalue weighted by molar-refractivity contribution is -0.136. The van der Waals surface area contributed by atoms with Crippen molar-refractivity contribution < 1.29 is 9.59 Å². The molecule has 0 radical (unpaired) electrons. The molecule has 4 heteroatoms. The lowest BCUT2D eigenvalue weighted by atomic mass is 10.00. The van der Waals surface area contributed by atoms with Gasteiger partial charge < -0.3 is 10.2 Å². The molecule has 0 aromatic carbocycles. The van der Waals surface area contributed by atoms with Crippen LogP contribution in [0.15, 0.2) is 0 Å². The molecular weight excluding hydrogens is 228 g/mol. The quantitative estimate of drug-likeness (QED) is 0.822. The number of hydrogen-bond donors (Lipinski definition) is 1. The summed E-state index contributed by atoms with van der Waals surface area (Å²) in [5, 5.41) is 2.88. The third kappa shape index (κ3) is 3.03. The van der Waals surface area contributed by atoms with Crippen molar-refractivity contribution in [2.75, 3.05) is 19.6 Å². The maximum atomic E-state index is 12.2. The normalized spacial score (nSPS) is 31.0. The highest BCUT2D eigenvalue weighted by Gasteiger charge is 2.49. The summed E-state index contributed by atoms with van der Waals surface area (Å²) < 4.78 is 0. The molecule has 1 aliphatic carbocycles. The van der Waals surface area contributed by atoms with Crippen LogP contribution in [0, 0.1) is 17.8 Å². The van der Waals surface area contributed by atoms with E-state index in [9.17, 15) is 9.59 Å². The Kier molecular flexibility index (Phi) is 4.25. The Morgan fingerprint density at radius 1 is 1.33 bits per heavy atom. The van der Waals surface area contributed by atoms with Gasteiger partial charge in [-0.1, -0.05) is 13.8 Å². The van der Waals surface area contributed by atoms with E-state index in [0.29, 0.717) is 5.92 Å². The van der Waals surface area contributed by atoms with E-state index >= 15 is 0 Å². The first kappa shape index (κ1) is 13.4. The standard InChI is InChI=1S/C14H24N2O2/c1-3-6-15-13(17)11-8-12(11)14(18)16-7-4-5-10(2)9-16/h10-12H,3-9H2,1-2H3,(H,15,17). The molecule has 2 amide bonds. The highest BCUT2D eigenvalue weighted by molar-refractivity contribution is 5.92. The highest BCUT2D eigenvalue weighted by atomic mass is 16.2. The van der Waals surface area contributed by atoms with E-state index < -0.39 is 0 Å². The van der Waals surface area contributed by atoms with Crippen molar-refractivity contribution in [1.29, 1.82) is 0 Å². The summed E-state index contributed by atoms with van der Waals surface area (Å²) in [6, 6.07) is 0. The first-order valence-corrected chi connectivity index (χ1v) is 7.20. The van der Waals surface area contributed by atoms with Gasteiger partial charge in [-0.2, -0.15) is 0 Å². The minimum absolute atomic E-state index is 0.0350. The van der Waals surface area contributed by atoms with Gasteiger partial charge in [0.15, 0.2) is 0 Å². The van der Waals surface area contributed by atoms with Crippen molar-refractivity contribution in [3.63, 3.8) is 0 Å². The molecule has 2 rings (SSSR count). The van der Waals surface area contributed by atoms with E-state index in [1.807, 2.05) is 11.8 Å². The van der Waals surface area contributed by atoms with Crippen LogP contribution in [0.3, 0.4) is 0 Å². The van der Waals surface area contributed by atoms with E-state index in [1.54, 1.807) is 0 Å². The number of nitrogens with zero attached hydrogens (tertiary/aromatic N) is 1. The molecular formula is C14H24N2O2. The van der Waals surface area contributed by atoms with E-state index in [-0.39, 0.29) is 23.7 Å². The molecule has 2 aliphatic rings. The first-order valence-electron chi connectivity index (χ1n) is 7.20. The number of likely N-dealkylation sites (tertiary alicyclic amines) is 1. The SMILES string of the molecule is CCCNC(=O)C1CC1C(=O)N1CCCC(C)C1. The average molecular weight is 252 g/mol. The zero-order valence-electron chi connectivity index (χ0n) is 11.4. The van der Waals surface area contributed by atoms with Crippen LogP contribution in [0.2, 0.25) is 0 Å².